The van der Waals surface area contributed by atoms with Gasteiger partial charge in [-0.25, -0.2) is 4.39 Å². The fraction of sp³-hybridized carbons (Fsp3) is 0.250. The Bertz CT molecular complexity index is 512. The van der Waals surface area contributed by atoms with E-state index in [9.17, 15) is 19.3 Å². The van der Waals surface area contributed by atoms with Crippen LogP contribution in [0, 0.1) is 22.9 Å². The van der Waals surface area contributed by atoms with Gasteiger partial charge in [0.15, 0.2) is 0 Å². The molecule has 96 valence electrons. The van der Waals surface area contributed by atoms with E-state index in [1.807, 2.05) is 0 Å². The summed E-state index contributed by atoms with van der Waals surface area (Å²) in [6.45, 7) is 3.09. The summed E-state index contributed by atoms with van der Waals surface area (Å²) in [5.41, 5.74) is 0.268. The Labute approximate surface area is 103 Å². The fourth-order valence-electron chi connectivity index (χ4n) is 1.39. The lowest BCUT2D eigenvalue weighted by molar-refractivity contribution is -0.385. The predicted octanol–water partition coefficient (Wildman–Crippen LogP) is 2.19. The van der Waals surface area contributed by atoms with E-state index in [0.717, 1.165) is 6.07 Å². The topological polar surface area (TPSA) is 72.2 Å². The van der Waals surface area contributed by atoms with Crippen molar-refractivity contribution in [2.24, 2.45) is 0 Å². The van der Waals surface area contributed by atoms with Gasteiger partial charge in [0, 0.05) is 30.7 Å². The minimum absolute atomic E-state index is 0.123. The lowest BCUT2D eigenvalue weighted by Gasteiger charge is -2.01. The van der Waals surface area contributed by atoms with E-state index in [1.54, 1.807) is 0 Å². The van der Waals surface area contributed by atoms with Gasteiger partial charge in [-0.3, -0.25) is 14.9 Å². The van der Waals surface area contributed by atoms with Crippen LogP contribution in [0.15, 0.2) is 18.2 Å². The van der Waals surface area contributed by atoms with Crippen molar-refractivity contribution in [3.05, 3.63) is 45.3 Å². The molecule has 0 aliphatic heterocycles. The number of halogens is 1. The van der Waals surface area contributed by atoms with Crippen LogP contribution in [-0.4, -0.2) is 17.4 Å². The van der Waals surface area contributed by atoms with Crippen LogP contribution >= 0.6 is 0 Å². The maximum atomic E-state index is 13.5. The van der Waals surface area contributed by atoms with E-state index in [1.165, 1.54) is 32.1 Å². The van der Waals surface area contributed by atoms with Gasteiger partial charge in [0.1, 0.15) is 5.82 Å². The van der Waals surface area contributed by atoms with Crippen molar-refractivity contribution in [1.29, 1.82) is 0 Å². The Hall–Kier alpha value is -2.24. The third-order valence-corrected chi connectivity index (χ3v) is 2.28. The molecule has 0 saturated carbocycles. The summed E-state index contributed by atoms with van der Waals surface area (Å²) >= 11 is 0. The van der Waals surface area contributed by atoms with Crippen LogP contribution in [-0.2, 0) is 4.79 Å². The van der Waals surface area contributed by atoms with Crippen LogP contribution in [0.25, 0.3) is 6.08 Å². The summed E-state index contributed by atoms with van der Waals surface area (Å²) < 4.78 is 13.5. The molecule has 0 aliphatic carbocycles. The van der Waals surface area contributed by atoms with Gasteiger partial charge in [-0.2, -0.15) is 0 Å². The van der Waals surface area contributed by atoms with Gasteiger partial charge < -0.3 is 5.32 Å². The lowest BCUT2D eigenvalue weighted by Crippen LogP contribution is -2.19. The number of hydrogen-bond donors (Lipinski definition) is 1. The smallest absolute Gasteiger partial charge is 0.273 e. The molecule has 0 saturated heterocycles. The Morgan fingerprint density at radius 3 is 2.78 bits per heavy atom. The van der Waals surface area contributed by atoms with Gasteiger partial charge in [-0.1, -0.05) is 12.2 Å². The van der Waals surface area contributed by atoms with E-state index in [2.05, 4.69) is 5.32 Å². The number of amides is 1. The van der Waals surface area contributed by atoms with Gasteiger partial charge >= 0.3 is 0 Å². The highest BCUT2D eigenvalue weighted by Gasteiger charge is 2.13. The van der Waals surface area contributed by atoms with Crippen molar-refractivity contribution in [3.63, 3.8) is 0 Å². The maximum Gasteiger partial charge on any atom is 0.273 e. The van der Waals surface area contributed by atoms with Gasteiger partial charge in [0.05, 0.1) is 4.92 Å². The monoisotopic (exact) mass is 252 g/mol. The maximum absolute atomic E-state index is 13.5. The molecule has 0 aliphatic rings. The average molecular weight is 252 g/mol. The summed E-state index contributed by atoms with van der Waals surface area (Å²) in [4.78, 5) is 20.8. The predicted molar refractivity (Wildman–Crippen MR) is 65.5 cm³/mol. The molecule has 0 unspecified atom stereocenters. The lowest BCUT2D eigenvalue weighted by atomic mass is 10.1. The number of nitrogens with one attached hydrogen (secondary N) is 1. The van der Waals surface area contributed by atoms with Gasteiger partial charge in [-0.15, -0.1) is 0 Å². The number of carbonyl (C=O) groups is 1. The second kappa shape index (κ2) is 5.90. The average Bonchev–Trinajstić information content (AvgIpc) is 2.25. The molecule has 0 bridgehead atoms. The molecule has 18 heavy (non-hydrogen) atoms. The first kappa shape index (κ1) is 13.8. The van der Waals surface area contributed by atoms with Gasteiger partial charge in [-0.05, 0) is 13.0 Å². The van der Waals surface area contributed by atoms with Crippen LogP contribution in [0.4, 0.5) is 10.1 Å². The van der Waals surface area contributed by atoms with Crippen LogP contribution in [0.5, 0.6) is 0 Å². The van der Waals surface area contributed by atoms with Crippen molar-refractivity contribution in [2.45, 2.75) is 13.8 Å². The molecule has 0 radical (unpaired) electrons. The molecular formula is C12H13FN2O3. The second-order valence-electron chi connectivity index (χ2n) is 3.76. The van der Waals surface area contributed by atoms with Crippen LogP contribution in [0.3, 0.4) is 0 Å². The molecule has 0 heterocycles. The number of aryl methyl sites for hydroxylation is 1. The Balaban J connectivity index is 2.92. The largest absolute Gasteiger partial charge is 0.353 e. The summed E-state index contributed by atoms with van der Waals surface area (Å²) in [5.74, 6) is -0.729. The highest BCUT2D eigenvalue weighted by molar-refractivity contribution is 5.73. The van der Waals surface area contributed by atoms with Crippen molar-refractivity contribution >= 4 is 17.7 Å². The number of hydrogen-bond acceptors (Lipinski definition) is 3. The summed E-state index contributed by atoms with van der Waals surface area (Å²) in [5, 5.41) is 13.2. The van der Waals surface area contributed by atoms with E-state index >= 15 is 0 Å². The molecule has 1 aromatic carbocycles. The van der Waals surface area contributed by atoms with Crippen molar-refractivity contribution in [1.82, 2.24) is 5.32 Å². The Morgan fingerprint density at radius 1 is 1.56 bits per heavy atom. The van der Waals surface area contributed by atoms with Crippen molar-refractivity contribution < 1.29 is 14.1 Å². The Morgan fingerprint density at radius 2 is 2.22 bits per heavy atom. The number of carbonyl (C=O) groups excluding carboxylic acids is 1. The number of nitrogens with zero attached hydrogens (tertiary/aromatic N) is 1. The number of benzene rings is 1. The normalized spacial score (nSPS) is 10.6. The fourth-order valence-corrected chi connectivity index (χ4v) is 1.39. The molecule has 0 fully saturated rings. The third-order valence-electron chi connectivity index (χ3n) is 2.28. The number of nitro benzene ring substituents is 1. The van der Waals surface area contributed by atoms with E-state index in [4.69, 9.17) is 0 Å². The van der Waals surface area contributed by atoms with Crippen LogP contribution in [0.1, 0.15) is 18.1 Å². The highest BCUT2D eigenvalue weighted by atomic mass is 19.1. The summed E-state index contributed by atoms with van der Waals surface area (Å²) in [7, 11) is 0. The molecule has 1 aromatic rings. The zero-order valence-electron chi connectivity index (χ0n) is 10.1. The molecule has 1 N–H and O–H groups in total. The van der Waals surface area contributed by atoms with Gasteiger partial charge in [0.25, 0.3) is 5.69 Å². The van der Waals surface area contributed by atoms with E-state index in [-0.39, 0.29) is 29.3 Å². The quantitative estimate of drug-likeness (QED) is 0.659. The second-order valence-corrected chi connectivity index (χ2v) is 3.76. The highest BCUT2D eigenvalue weighted by Crippen LogP contribution is 2.22. The standard InChI is InChI=1S/C12H13FN2O3/c1-8-6-11(13)10(7-12(8)15(17)18)4-3-5-14-9(2)16/h3-4,6-7H,5H2,1-2H3,(H,14,16). The first-order chi connectivity index (χ1) is 8.41. The van der Waals surface area contributed by atoms with E-state index in [0.29, 0.717) is 0 Å². The molecular weight excluding hydrogens is 239 g/mol. The zero-order valence-corrected chi connectivity index (χ0v) is 10.1. The first-order valence-electron chi connectivity index (χ1n) is 5.27. The summed E-state index contributed by atoms with van der Waals surface area (Å²) in [6, 6.07) is 2.30. The Kier molecular flexibility index (Phi) is 4.53. The third kappa shape index (κ3) is 3.65. The zero-order chi connectivity index (χ0) is 13.7. The number of nitro groups is 1. The van der Waals surface area contributed by atoms with Crippen LogP contribution in [0.2, 0.25) is 0 Å². The molecule has 1 rings (SSSR count). The first-order valence-corrected chi connectivity index (χ1v) is 5.27. The van der Waals surface area contributed by atoms with Crippen molar-refractivity contribution in [2.75, 3.05) is 6.54 Å². The van der Waals surface area contributed by atoms with E-state index < -0.39 is 10.7 Å². The SMILES string of the molecule is CC(=O)NCC=Cc1cc([N+](=O)[O-])c(C)cc1F. The van der Waals surface area contributed by atoms with Crippen LogP contribution < -0.4 is 5.32 Å². The molecule has 0 spiro atoms. The minimum Gasteiger partial charge on any atom is -0.353 e. The minimum atomic E-state index is -0.556. The van der Waals surface area contributed by atoms with Gasteiger partial charge in [0.2, 0.25) is 5.91 Å². The molecule has 0 aromatic heterocycles. The molecule has 6 heteroatoms. The number of rotatable bonds is 4. The summed E-state index contributed by atoms with van der Waals surface area (Å²) in [6.07, 6.45) is 2.93. The molecule has 1 amide bonds. The van der Waals surface area contributed by atoms with Crippen molar-refractivity contribution in [3.8, 4) is 0 Å². The molecule has 5 nitrogen and oxygen atoms in total. The molecule has 0 atom stereocenters.